The second-order valence-corrected chi connectivity index (χ2v) is 8.58. The van der Waals surface area contributed by atoms with Crippen molar-refractivity contribution in [3.63, 3.8) is 0 Å². The molecule has 3 nitrogen and oxygen atoms in total. The van der Waals surface area contributed by atoms with E-state index < -0.39 is 0 Å². The fourth-order valence-electron chi connectivity index (χ4n) is 3.68. The normalized spacial score (nSPS) is 21.5. The number of amides is 1. The predicted molar refractivity (Wildman–Crippen MR) is 107 cm³/mol. The molecule has 2 aliphatic rings. The standard InChI is InChI=1S/C21H28N2OS/c1-21(2,3)16-12-10-15(11-13-16)14-18-19(24)23(20(25)22(18)4)17-8-6-5-7-9-17/h10-14,17H,5-9H2,1-4H3. The Morgan fingerprint density at radius 1 is 1.08 bits per heavy atom. The van der Waals surface area contributed by atoms with Gasteiger partial charge in [0, 0.05) is 13.1 Å². The lowest BCUT2D eigenvalue weighted by Gasteiger charge is -2.30. The van der Waals surface area contributed by atoms with Crippen LogP contribution in [0.25, 0.3) is 6.08 Å². The largest absolute Gasteiger partial charge is 0.317 e. The van der Waals surface area contributed by atoms with Gasteiger partial charge in [-0.2, -0.15) is 0 Å². The number of carbonyl (C=O) groups excluding carboxylic acids is 1. The van der Waals surface area contributed by atoms with Crippen LogP contribution in [0, 0.1) is 0 Å². The van der Waals surface area contributed by atoms with Crippen LogP contribution >= 0.6 is 12.2 Å². The van der Waals surface area contributed by atoms with Crippen molar-refractivity contribution in [1.82, 2.24) is 9.80 Å². The molecule has 1 saturated carbocycles. The SMILES string of the molecule is CN1C(=S)N(C2CCCCC2)C(=O)C1=Cc1ccc(C(C)(C)C)cc1. The summed E-state index contributed by atoms with van der Waals surface area (Å²) >= 11 is 5.57. The predicted octanol–water partition coefficient (Wildman–Crippen LogP) is 4.72. The van der Waals surface area contributed by atoms with Gasteiger partial charge < -0.3 is 4.90 Å². The molecule has 1 amide bonds. The van der Waals surface area contributed by atoms with Gasteiger partial charge in [-0.05, 0) is 47.7 Å². The molecule has 1 aromatic carbocycles. The Morgan fingerprint density at radius 3 is 2.24 bits per heavy atom. The first-order valence-corrected chi connectivity index (χ1v) is 9.63. The van der Waals surface area contributed by atoms with Gasteiger partial charge in [-0.15, -0.1) is 0 Å². The van der Waals surface area contributed by atoms with Crippen LogP contribution in [0.5, 0.6) is 0 Å². The number of hydrogen-bond donors (Lipinski definition) is 0. The molecular formula is C21H28N2OS. The molecule has 1 aromatic rings. The van der Waals surface area contributed by atoms with E-state index in [9.17, 15) is 4.79 Å². The second-order valence-electron chi connectivity index (χ2n) is 8.21. The van der Waals surface area contributed by atoms with E-state index in [1.54, 1.807) is 0 Å². The van der Waals surface area contributed by atoms with Crippen LogP contribution in [-0.4, -0.2) is 33.9 Å². The number of hydrogen-bond acceptors (Lipinski definition) is 2. The summed E-state index contributed by atoms with van der Waals surface area (Å²) in [4.78, 5) is 16.7. The molecule has 134 valence electrons. The third kappa shape index (κ3) is 3.64. The number of thiocarbonyl (C=S) groups is 1. The second kappa shape index (κ2) is 6.91. The van der Waals surface area contributed by atoms with Gasteiger partial charge in [-0.1, -0.05) is 64.3 Å². The van der Waals surface area contributed by atoms with Crippen LogP contribution in [0.2, 0.25) is 0 Å². The molecule has 3 rings (SSSR count). The van der Waals surface area contributed by atoms with Crippen molar-refractivity contribution in [2.75, 3.05) is 7.05 Å². The number of nitrogens with zero attached hydrogens (tertiary/aromatic N) is 2. The summed E-state index contributed by atoms with van der Waals surface area (Å²) in [6.07, 6.45) is 7.73. The Balaban J connectivity index is 1.85. The minimum absolute atomic E-state index is 0.0549. The maximum absolute atomic E-state index is 13.0. The van der Waals surface area contributed by atoms with Gasteiger partial charge in [-0.3, -0.25) is 9.69 Å². The van der Waals surface area contributed by atoms with Crippen molar-refractivity contribution in [3.8, 4) is 0 Å². The van der Waals surface area contributed by atoms with Crippen molar-refractivity contribution in [2.45, 2.75) is 64.3 Å². The van der Waals surface area contributed by atoms with E-state index in [2.05, 4.69) is 45.0 Å². The number of rotatable bonds is 2. The van der Waals surface area contributed by atoms with E-state index in [0.717, 1.165) is 18.4 Å². The summed E-state index contributed by atoms with van der Waals surface area (Å²) in [5.41, 5.74) is 3.14. The summed E-state index contributed by atoms with van der Waals surface area (Å²) in [6.45, 7) is 6.61. The Hall–Kier alpha value is -1.68. The molecule has 1 heterocycles. The summed E-state index contributed by atoms with van der Waals surface area (Å²) in [6, 6.07) is 8.72. The molecule has 0 bridgehead atoms. The molecule has 0 atom stereocenters. The lowest BCUT2D eigenvalue weighted by Crippen LogP contribution is -2.41. The zero-order valence-corrected chi connectivity index (χ0v) is 16.5. The fraction of sp³-hybridized carbons (Fsp3) is 0.524. The van der Waals surface area contributed by atoms with Crippen molar-refractivity contribution < 1.29 is 4.79 Å². The summed E-state index contributed by atoms with van der Waals surface area (Å²) in [5.74, 6) is 0.0549. The highest BCUT2D eigenvalue weighted by atomic mass is 32.1. The highest BCUT2D eigenvalue weighted by Gasteiger charge is 2.40. The average molecular weight is 357 g/mol. The van der Waals surface area contributed by atoms with Gasteiger partial charge in [0.25, 0.3) is 5.91 Å². The van der Waals surface area contributed by atoms with Crippen LogP contribution in [0.4, 0.5) is 0 Å². The molecule has 0 unspecified atom stereocenters. The maximum atomic E-state index is 13.0. The maximum Gasteiger partial charge on any atom is 0.277 e. The molecule has 25 heavy (non-hydrogen) atoms. The van der Waals surface area contributed by atoms with E-state index in [-0.39, 0.29) is 17.4 Å². The summed E-state index contributed by atoms with van der Waals surface area (Å²) in [5, 5.41) is 0.648. The molecule has 0 aromatic heterocycles. The van der Waals surface area contributed by atoms with Crippen molar-refractivity contribution in [1.29, 1.82) is 0 Å². The molecule has 1 aliphatic heterocycles. The molecule has 1 aliphatic carbocycles. The van der Waals surface area contributed by atoms with Crippen molar-refractivity contribution in [3.05, 3.63) is 41.1 Å². The summed E-state index contributed by atoms with van der Waals surface area (Å²) < 4.78 is 0. The highest BCUT2D eigenvalue weighted by molar-refractivity contribution is 7.80. The first-order valence-electron chi connectivity index (χ1n) is 9.22. The average Bonchev–Trinajstić information content (AvgIpc) is 2.79. The van der Waals surface area contributed by atoms with Crippen LogP contribution in [0.15, 0.2) is 30.0 Å². The van der Waals surface area contributed by atoms with Gasteiger partial charge in [0.15, 0.2) is 5.11 Å². The van der Waals surface area contributed by atoms with Gasteiger partial charge in [0.05, 0.1) is 0 Å². The van der Waals surface area contributed by atoms with E-state index >= 15 is 0 Å². The van der Waals surface area contributed by atoms with Crippen molar-refractivity contribution in [2.24, 2.45) is 0 Å². The Bertz CT molecular complexity index is 694. The Morgan fingerprint density at radius 2 is 1.68 bits per heavy atom. The monoisotopic (exact) mass is 356 g/mol. The first-order chi connectivity index (χ1) is 11.8. The van der Waals surface area contributed by atoms with Crippen LogP contribution in [-0.2, 0) is 10.2 Å². The third-order valence-corrected chi connectivity index (χ3v) is 5.78. The minimum atomic E-state index is 0.0549. The number of carbonyl (C=O) groups is 1. The molecular weight excluding hydrogens is 328 g/mol. The van der Waals surface area contributed by atoms with Crippen LogP contribution < -0.4 is 0 Å². The van der Waals surface area contributed by atoms with Crippen LogP contribution in [0.3, 0.4) is 0 Å². The topological polar surface area (TPSA) is 23.6 Å². The first kappa shape index (κ1) is 18.1. The third-order valence-electron chi connectivity index (χ3n) is 5.31. The molecule has 0 spiro atoms. The quantitative estimate of drug-likeness (QED) is 0.566. The summed E-state index contributed by atoms with van der Waals surface area (Å²) in [7, 11) is 1.90. The zero-order valence-electron chi connectivity index (χ0n) is 15.7. The Kier molecular flexibility index (Phi) is 5.01. The van der Waals surface area contributed by atoms with E-state index in [0.29, 0.717) is 10.8 Å². The molecule has 1 saturated heterocycles. The fourth-order valence-corrected chi connectivity index (χ4v) is 4.01. The smallest absolute Gasteiger partial charge is 0.277 e. The Labute approximate surface area is 156 Å². The lowest BCUT2D eigenvalue weighted by molar-refractivity contribution is -0.124. The molecule has 0 radical (unpaired) electrons. The molecule has 2 fully saturated rings. The highest BCUT2D eigenvalue weighted by Crippen LogP contribution is 2.31. The van der Waals surface area contributed by atoms with Crippen LogP contribution in [0.1, 0.15) is 64.0 Å². The van der Waals surface area contributed by atoms with Gasteiger partial charge >= 0.3 is 0 Å². The lowest BCUT2D eigenvalue weighted by atomic mass is 9.86. The molecule has 4 heteroatoms. The number of likely N-dealkylation sites (N-methyl/N-ethyl adjacent to an activating group) is 1. The number of benzene rings is 1. The van der Waals surface area contributed by atoms with Crippen molar-refractivity contribution >= 4 is 29.3 Å². The minimum Gasteiger partial charge on any atom is -0.317 e. The van der Waals surface area contributed by atoms with Gasteiger partial charge in [0.2, 0.25) is 0 Å². The van der Waals surface area contributed by atoms with E-state index in [1.807, 2.05) is 22.9 Å². The zero-order chi connectivity index (χ0) is 18.2. The van der Waals surface area contributed by atoms with Gasteiger partial charge in [0.1, 0.15) is 5.70 Å². The van der Waals surface area contributed by atoms with E-state index in [4.69, 9.17) is 12.2 Å². The van der Waals surface area contributed by atoms with Gasteiger partial charge in [-0.25, -0.2) is 0 Å². The molecule has 0 N–H and O–H groups in total. The van der Waals surface area contributed by atoms with E-state index in [1.165, 1.54) is 24.8 Å².